The number of anilines is 1. The van der Waals surface area contributed by atoms with Gasteiger partial charge in [0.2, 0.25) is 5.91 Å². The fourth-order valence-electron chi connectivity index (χ4n) is 3.13. The van der Waals surface area contributed by atoms with Crippen molar-refractivity contribution in [1.82, 2.24) is 4.90 Å². The summed E-state index contributed by atoms with van der Waals surface area (Å²) in [5, 5.41) is 3.17. The summed E-state index contributed by atoms with van der Waals surface area (Å²) < 4.78 is 0. The molecule has 0 unspecified atom stereocenters. The number of amides is 1. The number of nitrogens with one attached hydrogen (secondary N) is 1. The van der Waals surface area contributed by atoms with Crippen molar-refractivity contribution in [3.63, 3.8) is 0 Å². The average molecular weight is 304 g/mol. The number of rotatable bonds is 5. The number of hydrogen-bond donors (Lipinski definition) is 1. The van der Waals surface area contributed by atoms with Gasteiger partial charge < -0.3 is 5.32 Å². The Morgan fingerprint density at radius 3 is 2.59 bits per heavy atom. The number of aryl methyl sites for hydroxylation is 2. The lowest BCUT2D eigenvalue weighted by Crippen LogP contribution is -2.47. The normalized spacial score (nSPS) is 18.6. The van der Waals surface area contributed by atoms with Gasteiger partial charge in [0, 0.05) is 5.69 Å². The number of unbranched alkanes of at least 4 members (excludes halogenated alkanes) is 1. The Morgan fingerprint density at radius 2 is 1.95 bits per heavy atom. The molecule has 1 heterocycles. The van der Waals surface area contributed by atoms with E-state index in [0.29, 0.717) is 0 Å². The summed E-state index contributed by atoms with van der Waals surface area (Å²) >= 11 is 0. The molecule has 1 amide bonds. The van der Waals surface area contributed by atoms with Crippen LogP contribution < -0.4 is 5.32 Å². The first-order chi connectivity index (χ1) is 10.1. The molecule has 0 aromatic heterocycles. The van der Waals surface area contributed by atoms with Crippen LogP contribution in [-0.2, 0) is 4.79 Å². The number of carbonyl (C=O) groups excluding carboxylic acids is 1. The standard InChI is InChI=1S/C18H28N2O.CH4/c1-4-5-12-20-13-7-6-11-16(20)18(21)19-17-14(2)9-8-10-15(17)3;/h8-10,16H,4-7,11-13H2,1-3H3,(H,19,21);1H4/t16-;/m0./s1. The van der Waals surface area contributed by atoms with E-state index >= 15 is 0 Å². The van der Waals surface area contributed by atoms with Crippen molar-refractivity contribution < 1.29 is 4.79 Å². The van der Waals surface area contributed by atoms with Gasteiger partial charge in [-0.25, -0.2) is 0 Å². The number of para-hydroxylation sites is 1. The van der Waals surface area contributed by atoms with Crippen LogP contribution in [0.15, 0.2) is 18.2 Å². The topological polar surface area (TPSA) is 32.3 Å². The maximum atomic E-state index is 12.7. The zero-order valence-electron chi connectivity index (χ0n) is 13.6. The Kier molecular flexibility index (Phi) is 7.60. The molecule has 2 rings (SSSR count). The highest BCUT2D eigenvalue weighted by atomic mass is 16.2. The van der Waals surface area contributed by atoms with E-state index in [1.54, 1.807) is 0 Å². The van der Waals surface area contributed by atoms with E-state index in [9.17, 15) is 4.79 Å². The molecule has 0 bridgehead atoms. The zero-order valence-corrected chi connectivity index (χ0v) is 13.6. The fraction of sp³-hybridized carbons (Fsp3) is 0.632. The van der Waals surface area contributed by atoms with Crippen molar-refractivity contribution >= 4 is 11.6 Å². The predicted molar refractivity (Wildman–Crippen MR) is 95.4 cm³/mol. The fourth-order valence-corrected chi connectivity index (χ4v) is 3.13. The molecular formula is C19H32N2O. The minimum Gasteiger partial charge on any atom is -0.324 e. The molecule has 1 saturated heterocycles. The van der Waals surface area contributed by atoms with Crippen LogP contribution in [0.2, 0.25) is 0 Å². The van der Waals surface area contributed by atoms with E-state index in [4.69, 9.17) is 0 Å². The van der Waals surface area contributed by atoms with Crippen molar-refractivity contribution in [2.45, 2.75) is 66.3 Å². The van der Waals surface area contributed by atoms with E-state index < -0.39 is 0 Å². The maximum absolute atomic E-state index is 12.7. The van der Waals surface area contributed by atoms with Crippen LogP contribution in [0.4, 0.5) is 5.69 Å². The van der Waals surface area contributed by atoms with Crippen LogP contribution in [-0.4, -0.2) is 29.9 Å². The molecule has 0 spiro atoms. The Balaban J connectivity index is 0.00000242. The average Bonchev–Trinajstić information content (AvgIpc) is 2.49. The summed E-state index contributed by atoms with van der Waals surface area (Å²) in [6.07, 6.45) is 5.72. The van der Waals surface area contributed by atoms with Crippen molar-refractivity contribution in [2.24, 2.45) is 0 Å². The molecule has 22 heavy (non-hydrogen) atoms. The highest BCUT2D eigenvalue weighted by molar-refractivity contribution is 5.96. The molecule has 1 aliphatic rings. The SMILES string of the molecule is C.CCCCN1CCCC[C@H]1C(=O)Nc1c(C)cccc1C. The Bertz CT molecular complexity index is 464. The summed E-state index contributed by atoms with van der Waals surface area (Å²) in [5.41, 5.74) is 3.27. The molecule has 0 radical (unpaired) electrons. The summed E-state index contributed by atoms with van der Waals surface area (Å²) in [7, 11) is 0. The van der Waals surface area contributed by atoms with Crippen molar-refractivity contribution in [3.05, 3.63) is 29.3 Å². The van der Waals surface area contributed by atoms with Gasteiger partial charge in [0.15, 0.2) is 0 Å². The minimum atomic E-state index is 0. The Labute approximate surface area is 136 Å². The molecule has 3 nitrogen and oxygen atoms in total. The van der Waals surface area contributed by atoms with E-state index in [2.05, 4.69) is 43.1 Å². The van der Waals surface area contributed by atoms with Gasteiger partial charge in [0.1, 0.15) is 0 Å². The van der Waals surface area contributed by atoms with Gasteiger partial charge in [-0.3, -0.25) is 9.69 Å². The molecule has 1 atom stereocenters. The molecule has 3 heteroatoms. The monoisotopic (exact) mass is 304 g/mol. The first kappa shape index (κ1) is 18.7. The van der Waals surface area contributed by atoms with Gasteiger partial charge in [0.25, 0.3) is 0 Å². The van der Waals surface area contributed by atoms with Gasteiger partial charge in [-0.15, -0.1) is 0 Å². The zero-order chi connectivity index (χ0) is 15.2. The lowest BCUT2D eigenvalue weighted by Gasteiger charge is -2.34. The van der Waals surface area contributed by atoms with Crippen LogP contribution in [0.25, 0.3) is 0 Å². The number of nitrogens with zero attached hydrogens (tertiary/aromatic N) is 1. The van der Waals surface area contributed by atoms with Crippen LogP contribution in [0.5, 0.6) is 0 Å². The maximum Gasteiger partial charge on any atom is 0.241 e. The highest BCUT2D eigenvalue weighted by Gasteiger charge is 2.28. The van der Waals surface area contributed by atoms with E-state index in [0.717, 1.165) is 42.7 Å². The lowest BCUT2D eigenvalue weighted by molar-refractivity contribution is -0.122. The third-order valence-corrected chi connectivity index (χ3v) is 4.44. The Morgan fingerprint density at radius 1 is 1.27 bits per heavy atom. The largest absolute Gasteiger partial charge is 0.324 e. The summed E-state index contributed by atoms with van der Waals surface area (Å²) in [5.74, 6) is 0.170. The molecule has 1 fully saturated rings. The first-order valence-corrected chi connectivity index (χ1v) is 8.24. The number of carbonyl (C=O) groups is 1. The van der Waals surface area contributed by atoms with Gasteiger partial charge in [0.05, 0.1) is 6.04 Å². The number of benzene rings is 1. The third-order valence-electron chi connectivity index (χ3n) is 4.44. The van der Waals surface area contributed by atoms with Gasteiger partial charge in [-0.05, 0) is 57.3 Å². The second-order valence-electron chi connectivity index (χ2n) is 6.16. The second kappa shape index (κ2) is 8.94. The van der Waals surface area contributed by atoms with Crippen LogP contribution in [0.3, 0.4) is 0 Å². The molecule has 1 aromatic rings. The molecule has 124 valence electrons. The summed E-state index contributed by atoms with van der Waals surface area (Å²) in [6.45, 7) is 8.42. The number of likely N-dealkylation sites (tertiary alicyclic amines) is 1. The second-order valence-corrected chi connectivity index (χ2v) is 6.16. The molecule has 0 aliphatic carbocycles. The van der Waals surface area contributed by atoms with Crippen LogP contribution in [0, 0.1) is 13.8 Å². The smallest absolute Gasteiger partial charge is 0.241 e. The van der Waals surface area contributed by atoms with Crippen molar-refractivity contribution in [1.29, 1.82) is 0 Å². The molecular weight excluding hydrogens is 272 g/mol. The first-order valence-electron chi connectivity index (χ1n) is 8.24. The Hall–Kier alpha value is -1.35. The van der Waals surface area contributed by atoms with Crippen LogP contribution in [0.1, 0.15) is 57.6 Å². The summed E-state index contributed by atoms with van der Waals surface area (Å²) in [6, 6.07) is 6.19. The predicted octanol–water partition coefficient (Wildman–Crippen LogP) is 4.53. The van der Waals surface area contributed by atoms with Gasteiger partial charge in [-0.2, -0.15) is 0 Å². The van der Waals surface area contributed by atoms with E-state index in [1.807, 2.05) is 6.07 Å². The van der Waals surface area contributed by atoms with E-state index in [-0.39, 0.29) is 19.4 Å². The minimum absolute atomic E-state index is 0. The van der Waals surface area contributed by atoms with Crippen molar-refractivity contribution in [2.75, 3.05) is 18.4 Å². The molecule has 1 aliphatic heterocycles. The van der Waals surface area contributed by atoms with Crippen molar-refractivity contribution in [3.8, 4) is 0 Å². The van der Waals surface area contributed by atoms with Gasteiger partial charge >= 0.3 is 0 Å². The number of piperidine rings is 1. The van der Waals surface area contributed by atoms with Crippen LogP contribution >= 0.6 is 0 Å². The highest BCUT2D eigenvalue weighted by Crippen LogP contribution is 2.23. The summed E-state index contributed by atoms with van der Waals surface area (Å²) in [4.78, 5) is 15.1. The lowest BCUT2D eigenvalue weighted by atomic mass is 10.00. The quantitative estimate of drug-likeness (QED) is 0.866. The van der Waals surface area contributed by atoms with E-state index in [1.165, 1.54) is 19.3 Å². The van der Waals surface area contributed by atoms with Gasteiger partial charge in [-0.1, -0.05) is 45.4 Å². The number of hydrogen-bond acceptors (Lipinski definition) is 2. The third kappa shape index (κ3) is 4.57. The molecule has 0 saturated carbocycles. The molecule has 1 N–H and O–H groups in total. The molecule has 1 aromatic carbocycles.